The molecular formula is C17H25N3. The Morgan fingerprint density at radius 3 is 2.80 bits per heavy atom. The molecule has 0 aliphatic heterocycles. The first kappa shape index (κ1) is 14.8. The number of benzene rings is 1. The van der Waals surface area contributed by atoms with Crippen molar-refractivity contribution in [3.63, 3.8) is 0 Å². The quantitative estimate of drug-likeness (QED) is 0.777. The van der Waals surface area contributed by atoms with Gasteiger partial charge in [-0.05, 0) is 24.9 Å². The van der Waals surface area contributed by atoms with Gasteiger partial charge in [-0.3, -0.25) is 4.68 Å². The molecule has 1 heterocycles. The van der Waals surface area contributed by atoms with Crippen LogP contribution < -0.4 is 5.32 Å². The topological polar surface area (TPSA) is 29.9 Å². The zero-order valence-corrected chi connectivity index (χ0v) is 12.8. The predicted molar refractivity (Wildman–Crippen MR) is 85.7 cm³/mol. The Hall–Kier alpha value is -1.61. The first-order valence-electron chi connectivity index (χ1n) is 7.43. The summed E-state index contributed by atoms with van der Waals surface area (Å²) in [5.41, 5.74) is 3.54. The minimum Gasteiger partial charge on any atom is -0.311 e. The predicted octanol–water partition coefficient (Wildman–Crippen LogP) is 3.75. The molecular weight excluding hydrogens is 246 g/mol. The Morgan fingerprint density at radius 2 is 2.10 bits per heavy atom. The molecule has 0 fully saturated rings. The van der Waals surface area contributed by atoms with Crippen molar-refractivity contribution in [3.05, 3.63) is 42.1 Å². The Bertz CT molecular complexity index is 581. The van der Waals surface area contributed by atoms with Crippen molar-refractivity contribution >= 4 is 10.9 Å². The van der Waals surface area contributed by atoms with Gasteiger partial charge in [-0.1, -0.05) is 51.1 Å². The van der Waals surface area contributed by atoms with E-state index in [2.05, 4.69) is 61.6 Å². The SMILES string of the molecule is C=C(CC)Cn1nc(CNCC(C)C)c2ccccc21. The average molecular weight is 271 g/mol. The van der Waals surface area contributed by atoms with Gasteiger partial charge in [0.1, 0.15) is 0 Å². The van der Waals surface area contributed by atoms with Crippen LogP contribution in [0.15, 0.2) is 36.4 Å². The van der Waals surface area contributed by atoms with Crippen molar-refractivity contribution in [2.45, 2.75) is 40.3 Å². The van der Waals surface area contributed by atoms with Crippen molar-refractivity contribution in [2.75, 3.05) is 6.54 Å². The van der Waals surface area contributed by atoms with Gasteiger partial charge < -0.3 is 5.32 Å². The van der Waals surface area contributed by atoms with E-state index in [-0.39, 0.29) is 0 Å². The highest BCUT2D eigenvalue weighted by Gasteiger charge is 2.10. The molecule has 0 saturated carbocycles. The van der Waals surface area contributed by atoms with Gasteiger partial charge in [-0.25, -0.2) is 0 Å². The first-order chi connectivity index (χ1) is 9.61. The molecule has 0 aliphatic carbocycles. The van der Waals surface area contributed by atoms with E-state index in [9.17, 15) is 0 Å². The first-order valence-corrected chi connectivity index (χ1v) is 7.43. The molecule has 1 aromatic heterocycles. The third kappa shape index (κ3) is 3.48. The summed E-state index contributed by atoms with van der Waals surface area (Å²) < 4.78 is 2.08. The van der Waals surface area contributed by atoms with Gasteiger partial charge in [0.2, 0.25) is 0 Å². The van der Waals surface area contributed by atoms with Gasteiger partial charge in [-0.15, -0.1) is 0 Å². The Balaban J connectivity index is 2.23. The van der Waals surface area contributed by atoms with Crippen LogP contribution in [-0.2, 0) is 13.1 Å². The molecule has 2 aromatic rings. The van der Waals surface area contributed by atoms with E-state index in [0.717, 1.165) is 31.7 Å². The van der Waals surface area contributed by atoms with E-state index < -0.39 is 0 Å². The summed E-state index contributed by atoms with van der Waals surface area (Å²) >= 11 is 0. The molecule has 3 heteroatoms. The molecule has 0 atom stereocenters. The molecule has 0 amide bonds. The zero-order valence-electron chi connectivity index (χ0n) is 12.8. The lowest BCUT2D eigenvalue weighted by Crippen LogP contribution is -2.19. The van der Waals surface area contributed by atoms with Crippen LogP contribution in [0.5, 0.6) is 0 Å². The average Bonchev–Trinajstić information content (AvgIpc) is 2.77. The lowest BCUT2D eigenvalue weighted by Gasteiger charge is -2.05. The second-order valence-electron chi connectivity index (χ2n) is 5.75. The highest BCUT2D eigenvalue weighted by molar-refractivity contribution is 5.82. The number of fused-ring (bicyclic) bond motifs is 1. The summed E-state index contributed by atoms with van der Waals surface area (Å²) in [4.78, 5) is 0. The lowest BCUT2D eigenvalue weighted by molar-refractivity contribution is 0.544. The van der Waals surface area contributed by atoms with Crippen LogP contribution in [0.2, 0.25) is 0 Å². The van der Waals surface area contributed by atoms with E-state index in [4.69, 9.17) is 5.10 Å². The standard InChI is InChI=1S/C17H25N3/c1-5-14(4)12-20-17-9-7-6-8-15(17)16(19-20)11-18-10-13(2)3/h6-9,13,18H,4-5,10-12H2,1-3H3. The zero-order chi connectivity index (χ0) is 14.5. The Morgan fingerprint density at radius 1 is 1.35 bits per heavy atom. The molecule has 0 aliphatic rings. The van der Waals surface area contributed by atoms with Crippen LogP contribution in [0.1, 0.15) is 32.9 Å². The maximum atomic E-state index is 4.77. The van der Waals surface area contributed by atoms with Gasteiger partial charge in [0, 0.05) is 11.9 Å². The van der Waals surface area contributed by atoms with Gasteiger partial charge >= 0.3 is 0 Å². The monoisotopic (exact) mass is 271 g/mol. The fourth-order valence-corrected chi connectivity index (χ4v) is 2.25. The van der Waals surface area contributed by atoms with E-state index >= 15 is 0 Å². The van der Waals surface area contributed by atoms with Crippen molar-refractivity contribution in [1.29, 1.82) is 0 Å². The fraction of sp³-hybridized carbons (Fsp3) is 0.471. The molecule has 3 nitrogen and oxygen atoms in total. The van der Waals surface area contributed by atoms with Crippen LogP contribution in [0.3, 0.4) is 0 Å². The van der Waals surface area contributed by atoms with Crippen molar-refractivity contribution in [3.8, 4) is 0 Å². The van der Waals surface area contributed by atoms with Gasteiger partial charge in [0.25, 0.3) is 0 Å². The maximum absolute atomic E-state index is 4.77. The maximum Gasteiger partial charge on any atom is 0.0841 e. The number of para-hydroxylation sites is 1. The molecule has 2 rings (SSSR count). The number of hydrogen-bond acceptors (Lipinski definition) is 2. The van der Waals surface area contributed by atoms with E-state index in [1.165, 1.54) is 16.5 Å². The number of allylic oxidation sites excluding steroid dienone is 1. The summed E-state index contributed by atoms with van der Waals surface area (Å²) in [7, 11) is 0. The molecule has 0 unspecified atom stereocenters. The van der Waals surface area contributed by atoms with E-state index in [1.807, 2.05) is 0 Å². The smallest absolute Gasteiger partial charge is 0.0841 e. The number of nitrogens with one attached hydrogen (secondary N) is 1. The lowest BCUT2D eigenvalue weighted by atomic mass is 10.2. The molecule has 0 radical (unpaired) electrons. The van der Waals surface area contributed by atoms with Crippen LogP contribution in [-0.4, -0.2) is 16.3 Å². The molecule has 0 saturated heterocycles. The number of nitrogens with zero attached hydrogens (tertiary/aromatic N) is 2. The molecule has 0 bridgehead atoms. The largest absolute Gasteiger partial charge is 0.311 e. The van der Waals surface area contributed by atoms with Crippen molar-refractivity contribution in [1.82, 2.24) is 15.1 Å². The normalized spacial score (nSPS) is 11.4. The summed E-state index contributed by atoms with van der Waals surface area (Å²) in [5.74, 6) is 0.656. The molecule has 0 spiro atoms. The third-order valence-corrected chi connectivity index (χ3v) is 3.45. The van der Waals surface area contributed by atoms with Crippen molar-refractivity contribution < 1.29 is 0 Å². The fourth-order valence-electron chi connectivity index (χ4n) is 2.25. The number of rotatable bonds is 7. The van der Waals surface area contributed by atoms with E-state index in [0.29, 0.717) is 5.92 Å². The summed E-state index contributed by atoms with van der Waals surface area (Å²) in [5, 5.41) is 9.49. The van der Waals surface area contributed by atoms with Crippen LogP contribution >= 0.6 is 0 Å². The molecule has 1 aromatic carbocycles. The highest BCUT2D eigenvalue weighted by atomic mass is 15.3. The summed E-state index contributed by atoms with van der Waals surface area (Å²) in [6, 6.07) is 8.44. The van der Waals surface area contributed by atoms with Crippen molar-refractivity contribution in [2.24, 2.45) is 5.92 Å². The van der Waals surface area contributed by atoms with Gasteiger partial charge in [0.05, 0.1) is 17.8 Å². The second-order valence-corrected chi connectivity index (χ2v) is 5.75. The van der Waals surface area contributed by atoms with Gasteiger partial charge in [-0.2, -0.15) is 5.10 Å². The molecule has 20 heavy (non-hydrogen) atoms. The third-order valence-electron chi connectivity index (χ3n) is 3.45. The van der Waals surface area contributed by atoms with Crippen LogP contribution in [0.25, 0.3) is 10.9 Å². The molecule has 1 N–H and O–H groups in total. The summed E-state index contributed by atoms with van der Waals surface area (Å²) in [6.07, 6.45) is 0.995. The summed E-state index contributed by atoms with van der Waals surface area (Å²) in [6.45, 7) is 13.3. The van der Waals surface area contributed by atoms with Crippen LogP contribution in [0, 0.1) is 5.92 Å². The van der Waals surface area contributed by atoms with E-state index in [1.54, 1.807) is 0 Å². The Kier molecular flexibility index (Phi) is 4.96. The van der Waals surface area contributed by atoms with Crippen LogP contribution in [0.4, 0.5) is 0 Å². The minimum absolute atomic E-state index is 0.656. The Labute approximate surface area is 121 Å². The highest BCUT2D eigenvalue weighted by Crippen LogP contribution is 2.19. The number of hydrogen-bond donors (Lipinski definition) is 1. The van der Waals surface area contributed by atoms with Gasteiger partial charge in [0.15, 0.2) is 0 Å². The molecule has 108 valence electrons. The number of aromatic nitrogens is 2. The minimum atomic E-state index is 0.656. The second kappa shape index (κ2) is 6.71.